The molecular formula is C27H26N2O6. The smallest absolute Gasteiger partial charge is 0.497 e. The molecule has 0 aliphatic rings. The number of hydrogen-bond acceptors (Lipinski definition) is 6. The van der Waals surface area contributed by atoms with E-state index in [4.69, 9.17) is 14.2 Å². The minimum atomic E-state index is -0.797. The van der Waals surface area contributed by atoms with Gasteiger partial charge in [0, 0.05) is 23.9 Å². The molecule has 0 atom stereocenters. The monoisotopic (exact) mass is 474 g/mol. The number of hydrogen-bond donors (Lipinski definition) is 2. The maximum Gasteiger partial charge on any atom is 0.513 e. The number of methoxy groups -OCH3 is 1. The third-order valence-corrected chi connectivity index (χ3v) is 4.80. The van der Waals surface area contributed by atoms with E-state index in [9.17, 15) is 14.4 Å². The summed E-state index contributed by atoms with van der Waals surface area (Å²) in [6.45, 7) is 2.24. The van der Waals surface area contributed by atoms with Crippen LogP contribution in [-0.4, -0.2) is 31.7 Å². The van der Waals surface area contributed by atoms with Crippen LogP contribution in [0.25, 0.3) is 6.08 Å². The number of amides is 2. The van der Waals surface area contributed by atoms with Crippen LogP contribution in [-0.2, 0) is 16.1 Å². The Morgan fingerprint density at radius 1 is 0.857 bits per heavy atom. The van der Waals surface area contributed by atoms with Crippen molar-refractivity contribution in [1.82, 2.24) is 5.32 Å². The van der Waals surface area contributed by atoms with Crippen molar-refractivity contribution in [2.45, 2.75) is 13.5 Å². The summed E-state index contributed by atoms with van der Waals surface area (Å²) in [6, 6.07) is 20.7. The molecule has 0 aromatic heterocycles. The van der Waals surface area contributed by atoms with Gasteiger partial charge in [0.05, 0.1) is 13.7 Å². The Morgan fingerprint density at radius 3 is 2.14 bits per heavy atom. The summed E-state index contributed by atoms with van der Waals surface area (Å²) in [6.07, 6.45) is 2.40. The molecule has 0 saturated carbocycles. The summed E-state index contributed by atoms with van der Waals surface area (Å²) in [5.41, 5.74) is 2.79. The Hall–Kier alpha value is -4.59. The highest BCUT2D eigenvalue weighted by atomic mass is 16.7. The molecule has 0 unspecified atom stereocenters. The highest BCUT2D eigenvalue weighted by Gasteiger charge is 2.09. The van der Waals surface area contributed by atoms with Crippen LogP contribution in [0.2, 0.25) is 0 Å². The van der Waals surface area contributed by atoms with Gasteiger partial charge in [-0.05, 0) is 72.7 Å². The van der Waals surface area contributed by atoms with Crippen LogP contribution in [0.5, 0.6) is 11.5 Å². The molecule has 0 radical (unpaired) electrons. The van der Waals surface area contributed by atoms with E-state index in [1.807, 2.05) is 36.4 Å². The summed E-state index contributed by atoms with van der Waals surface area (Å²) in [4.78, 5) is 35.9. The van der Waals surface area contributed by atoms with Gasteiger partial charge in [-0.2, -0.15) is 0 Å². The van der Waals surface area contributed by atoms with Gasteiger partial charge in [0.1, 0.15) is 11.5 Å². The van der Waals surface area contributed by atoms with Crippen molar-refractivity contribution in [3.8, 4) is 11.5 Å². The molecule has 0 aliphatic carbocycles. The molecule has 3 aromatic rings. The first-order valence-corrected chi connectivity index (χ1v) is 10.9. The molecule has 2 N–H and O–H groups in total. The van der Waals surface area contributed by atoms with Crippen LogP contribution in [0, 0.1) is 0 Å². The second-order valence-electron chi connectivity index (χ2n) is 7.28. The lowest BCUT2D eigenvalue weighted by molar-refractivity contribution is -0.116. The van der Waals surface area contributed by atoms with Gasteiger partial charge in [0.25, 0.3) is 5.91 Å². The summed E-state index contributed by atoms with van der Waals surface area (Å²) in [5.74, 6) is 0.515. The van der Waals surface area contributed by atoms with Crippen molar-refractivity contribution >= 4 is 29.7 Å². The highest BCUT2D eigenvalue weighted by Crippen LogP contribution is 2.16. The van der Waals surface area contributed by atoms with Crippen LogP contribution in [0.3, 0.4) is 0 Å². The fourth-order valence-corrected chi connectivity index (χ4v) is 2.96. The molecule has 3 aromatic carbocycles. The molecule has 0 bridgehead atoms. The number of rotatable bonds is 9. The first-order valence-electron chi connectivity index (χ1n) is 10.9. The SMILES string of the molecule is CCOC(=O)Oc1ccc(C(=O)Nc2ccc(CNC(=O)/C=C/c3ccc(OC)cc3)cc2)cc1. The number of carbonyl (C=O) groups excluding carboxylic acids is 3. The predicted octanol–water partition coefficient (Wildman–Crippen LogP) is 4.81. The largest absolute Gasteiger partial charge is 0.513 e. The fourth-order valence-electron chi connectivity index (χ4n) is 2.96. The third-order valence-electron chi connectivity index (χ3n) is 4.80. The normalized spacial score (nSPS) is 10.5. The van der Waals surface area contributed by atoms with E-state index in [0.29, 0.717) is 17.8 Å². The summed E-state index contributed by atoms with van der Waals surface area (Å²) in [5, 5.41) is 5.62. The average molecular weight is 475 g/mol. The lowest BCUT2D eigenvalue weighted by Gasteiger charge is -2.08. The minimum absolute atomic E-state index is 0.214. The van der Waals surface area contributed by atoms with Gasteiger partial charge in [-0.3, -0.25) is 9.59 Å². The van der Waals surface area contributed by atoms with Crippen molar-refractivity contribution in [3.63, 3.8) is 0 Å². The van der Waals surface area contributed by atoms with Gasteiger partial charge in [-0.1, -0.05) is 24.3 Å². The molecule has 0 saturated heterocycles. The number of ether oxygens (including phenoxy) is 3. The fraction of sp³-hybridized carbons (Fsp3) is 0.148. The molecule has 180 valence electrons. The molecule has 8 nitrogen and oxygen atoms in total. The number of anilines is 1. The van der Waals surface area contributed by atoms with E-state index in [1.54, 1.807) is 44.4 Å². The Morgan fingerprint density at radius 2 is 1.51 bits per heavy atom. The number of benzene rings is 3. The van der Waals surface area contributed by atoms with Gasteiger partial charge in [-0.15, -0.1) is 0 Å². The van der Waals surface area contributed by atoms with Gasteiger partial charge in [0.2, 0.25) is 5.91 Å². The molecule has 8 heteroatoms. The van der Waals surface area contributed by atoms with E-state index in [-0.39, 0.29) is 24.2 Å². The maximum absolute atomic E-state index is 12.5. The summed E-state index contributed by atoms with van der Waals surface area (Å²) >= 11 is 0. The second kappa shape index (κ2) is 12.6. The molecular weight excluding hydrogens is 448 g/mol. The van der Waals surface area contributed by atoms with Crippen molar-refractivity contribution < 1.29 is 28.6 Å². The van der Waals surface area contributed by atoms with Crippen LogP contribution >= 0.6 is 0 Å². The van der Waals surface area contributed by atoms with E-state index in [2.05, 4.69) is 10.6 Å². The van der Waals surface area contributed by atoms with Crippen molar-refractivity contribution in [2.24, 2.45) is 0 Å². The molecule has 35 heavy (non-hydrogen) atoms. The molecule has 0 aliphatic heterocycles. The first kappa shape index (κ1) is 25.0. The number of nitrogens with one attached hydrogen (secondary N) is 2. The third kappa shape index (κ3) is 8.04. The van der Waals surface area contributed by atoms with Crippen molar-refractivity contribution in [3.05, 3.63) is 95.6 Å². The van der Waals surface area contributed by atoms with E-state index >= 15 is 0 Å². The van der Waals surface area contributed by atoms with Crippen LogP contribution in [0.1, 0.15) is 28.4 Å². The lowest BCUT2D eigenvalue weighted by atomic mass is 10.1. The Kier molecular flexibility index (Phi) is 9.01. The average Bonchev–Trinajstić information content (AvgIpc) is 2.88. The predicted molar refractivity (Wildman–Crippen MR) is 132 cm³/mol. The molecule has 0 spiro atoms. The lowest BCUT2D eigenvalue weighted by Crippen LogP contribution is -2.20. The Bertz CT molecular complexity index is 1170. The van der Waals surface area contributed by atoms with Crippen LogP contribution < -0.4 is 20.1 Å². The first-order chi connectivity index (χ1) is 17.0. The maximum atomic E-state index is 12.5. The van der Waals surface area contributed by atoms with E-state index in [0.717, 1.165) is 16.9 Å². The topological polar surface area (TPSA) is 103 Å². The van der Waals surface area contributed by atoms with Crippen LogP contribution in [0.4, 0.5) is 10.5 Å². The van der Waals surface area contributed by atoms with E-state index < -0.39 is 6.16 Å². The Balaban J connectivity index is 1.46. The second-order valence-corrected chi connectivity index (χ2v) is 7.28. The zero-order valence-corrected chi connectivity index (χ0v) is 19.4. The minimum Gasteiger partial charge on any atom is -0.497 e. The van der Waals surface area contributed by atoms with Gasteiger partial charge < -0.3 is 24.8 Å². The summed E-state index contributed by atoms with van der Waals surface area (Å²) in [7, 11) is 1.60. The standard InChI is InChI=1S/C27H26N2O6/c1-3-34-27(32)35-24-15-9-21(10-16-24)26(31)29-22-11-4-20(5-12-22)18-28-25(30)17-8-19-6-13-23(33-2)14-7-19/h4-17H,3,18H2,1-2H3,(H,28,30)(H,29,31)/b17-8+. The van der Waals surface area contributed by atoms with Crippen molar-refractivity contribution in [1.29, 1.82) is 0 Å². The Labute approximate surface area is 203 Å². The van der Waals surface area contributed by atoms with E-state index in [1.165, 1.54) is 18.2 Å². The van der Waals surface area contributed by atoms with Gasteiger partial charge >= 0.3 is 6.16 Å². The van der Waals surface area contributed by atoms with Gasteiger partial charge in [0.15, 0.2) is 0 Å². The zero-order chi connectivity index (χ0) is 25.0. The molecule has 0 heterocycles. The van der Waals surface area contributed by atoms with Gasteiger partial charge in [-0.25, -0.2) is 4.79 Å². The number of carbonyl (C=O) groups is 3. The highest BCUT2D eigenvalue weighted by molar-refractivity contribution is 6.04. The van der Waals surface area contributed by atoms with Crippen LogP contribution in [0.15, 0.2) is 78.9 Å². The van der Waals surface area contributed by atoms with Crippen molar-refractivity contribution in [2.75, 3.05) is 19.0 Å². The quantitative estimate of drug-likeness (QED) is 0.262. The molecule has 0 fully saturated rings. The molecule has 3 rings (SSSR count). The zero-order valence-electron chi connectivity index (χ0n) is 19.4. The molecule has 2 amide bonds. The summed E-state index contributed by atoms with van der Waals surface area (Å²) < 4.78 is 14.8.